The summed E-state index contributed by atoms with van der Waals surface area (Å²) in [6.07, 6.45) is 0. The zero-order valence-electron chi connectivity index (χ0n) is 2.34. The van der Waals surface area contributed by atoms with Crippen molar-refractivity contribution in [1.82, 2.24) is 0 Å². The van der Waals surface area contributed by atoms with Gasteiger partial charge in [-0.05, 0) is 0 Å². The van der Waals surface area contributed by atoms with E-state index in [1.165, 1.54) is 0 Å². The second-order valence-corrected chi connectivity index (χ2v) is 1.19. The Bertz CT molecular complexity index is 57.9. The normalized spacial score (nSPS) is 6.40. The van der Waals surface area contributed by atoms with Crippen LogP contribution in [-0.4, -0.2) is 20.1 Å². The molecule has 0 unspecified atom stereocenters. The first-order valence-corrected chi connectivity index (χ1v) is 2.00. The SMILES string of the molecule is O=[SiH]C(=O)O. The molecule has 0 rings (SSSR count). The average molecular weight is 90.1 g/mol. The van der Waals surface area contributed by atoms with Gasteiger partial charge in [0.1, 0.15) is 0 Å². The Labute approximate surface area is 30.5 Å². The number of hydrogen-bond acceptors (Lipinski definition) is 2. The smallest absolute Gasteiger partial charge is 0.389 e. The summed E-state index contributed by atoms with van der Waals surface area (Å²) in [6, 6.07) is 0. The maximum Gasteiger partial charge on any atom is 0.389 e. The molecular formula is CH2O3Si. The zero-order valence-corrected chi connectivity index (χ0v) is 3.50. The van der Waals surface area contributed by atoms with Crippen LogP contribution in [0.2, 0.25) is 0 Å². The molecule has 0 bridgehead atoms. The van der Waals surface area contributed by atoms with Crippen molar-refractivity contribution >= 4 is 15.0 Å². The first-order valence-electron chi connectivity index (χ1n) is 0.952. The van der Waals surface area contributed by atoms with Gasteiger partial charge in [-0.15, -0.1) is 0 Å². The highest BCUT2D eigenvalue weighted by molar-refractivity contribution is 6.59. The summed E-state index contributed by atoms with van der Waals surface area (Å²) in [5, 5.41) is 7.45. The summed E-state index contributed by atoms with van der Waals surface area (Å²) < 4.78 is 9.11. The molecular weight excluding hydrogens is 88.1 g/mol. The third-order valence-corrected chi connectivity index (χ3v) is 0.302. The molecule has 0 radical (unpaired) electrons. The quantitative estimate of drug-likeness (QED) is 0.439. The minimum absolute atomic E-state index is 1.22. The molecule has 0 aliphatic carbocycles. The van der Waals surface area contributed by atoms with Crippen molar-refractivity contribution in [3.63, 3.8) is 0 Å². The van der Waals surface area contributed by atoms with Crippen molar-refractivity contribution in [3.05, 3.63) is 0 Å². The van der Waals surface area contributed by atoms with Gasteiger partial charge in [0.25, 0.3) is 0 Å². The van der Waals surface area contributed by atoms with Crippen LogP contribution in [0, 0.1) is 0 Å². The summed E-state index contributed by atoms with van der Waals surface area (Å²) >= 11 is 0. The van der Waals surface area contributed by atoms with E-state index in [0.29, 0.717) is 0 Å². The van der Waals surface area contributed by atoms with Crippen LogP contribution in [0.25, 0.3) is 0 Å². The maximum absolute atomic E-state index is 9.11. The van der Waals surface area contributed by atoms with E-state index in [9.17, 15) is 0 Å². The standard InChI is InChI=1S/CH2O3Si/c2-1(3)5-4/h5H,(H,2,3). The van der Waals surface area contributed by atoms with Gasteiger partial charge in [-0.1, -0.05) is 0 Å². The third kappa shape index (κ3) is 3.49. The van der Waals surface area contributed by atoms with Gasteiger partial charge in [0.2, 0.25) is 0 Å². The summed E-state index contributed by atoms with van der Waals surface area (Å²) in [5.41, 5.74) is -1.22. The fourth-order valence-corrected chi connectivity index (χ4v) is 0. The minimum atomic E-state index is -1.60. The predicted octanol–water partition coefficient (Wildman–Crippen LogP) is -0.554. The lowest BCUT2D eigenvalue weighted by Gasteiger charge is -1.58. The van der Waals surface area contributed by atoms with Gasteiger partial charge in [-0.25, -0.2) is 0 Å². The topological polar surface area (TPSA) is 54.4 Å². The summed E-state index contributed by atoms with van der Waals surface area (Å²) in [6.45, 7) is 0. The largest absolute Gasteiger partial charge is 0.480 e. The van der Waals surface area contributed by atoms with Crippen LogP contribution in [0.5, 0.6) is 0 Å². The molecule has 0 spiro atoms. The Balaban J connectivity index is 3.20. The van der Waals surface area contributed by atoms with E-state index >= 15 is 0 Å². The molecule has 0 atom stereocenters. The lowest BCUT2D eigenvalue weighted by atomic mass is 11.6. The molecule has 0 saturated carbocycles. The van der Waals surface area contributed by atoms with Crippen LogP contribution in [0.15, 0.2) is 0 Å². The van der Waals surface area contributed by atoms with E-state index in [1.54, 1.807) is 0 Å². The minimum Gasteiger partial charge on any atom is -0.480 e. The monoisotopic (exact) mass is 90.0 g/mol. The maximum atomic E-state index is 9.11. The molecule has 0 aliphatic heterocycles. The van der Waals surface area contributed by atoms with Crippen molar-refractivity contribution in [2.75, 3.05) is 0 Å². The Morgan fingerprint density at radius 3 is 2.00 bits per heavy atom. The van der Waals surface area contributed by atoms with Crippen molar-refractivity contribution < 1.29 is 14.4 Å². The number of rotatable bonds is 1. The number of carboxylic acid groups (broad SMARTS) is 1. The fraction of sp³-hybridized carbons (Fsp3) is 0. The molecule has 0 aromatic rings. The first kappa shape index (κ1) is 4.49. The van der Waals surface area contributed by atoms with E-state index < -0.39 is 15.0 Å². The lowest BCUT2D eigenvalue weighted by molar-refractivity contribution is 0.218. The Morgan fingerprint density at radius 1 is 1.80 bits per heavy atom. The van der Waals surface area contributed by atoms with Gasteiger partial charge < -0.3 is 9.57 Å². The number of carbonyl (C=O) groups is 1. The van der Waals surface area contributed by atoms with Crippen LogP contribution < -0.4 is 0 Å². The Hall–Kier alpha value is -0.513. The van der Waals surface area contributed by atoms with Crippen LogP contribution in [-0.2, 0) is 4.46 Å². The first-order chi connectivity index (χ1) is 2.27. The summed E-state index contributed by atoms with van der Waals surface area (Å²) in [5.74, 6) is 0. The van der Waals surface area contributed by atoms with Gasteiger partial charge in [0.05, 0.1) is 0 Å². The molecule has 0 aliphatic rings. The van der Waals surface area contributed by atoms with Gasteiger partial charge in [-0.3, -0.25) is 4.79 Å². The van der Waals surface area contributed by atoms with Crippen molar-refractivity contribution in [1.29, 1.82) is 0 Å². The van der Waals surface area contributed by atoms with Gasteiger partial charge >= 0.3 is 15.0 Å². The van der Waals surface area contributed by atoms with E-state index in [-0.39, 0.29) is 0 Å². The Morgan fingerprint density at radius 2 is 2.00 bits per heavy atom. The highest BCUT2D eigenvalue weighted by Crippen LogP contribution is 1.46. The molecule has 28 valence electrons. The van der Waals surface area contributed by atoms with Crippen molar-refractivity contribution in [3.8, 4) is 0 Å². The lowest BCUT2D eigenvalue weighted by Crippen LogP contribution is -1.91. The molecule has 3 nitrogen and oxygen atoms in total. The highest BCUT2D eigenvalue weighted by Gasteiger charge is 1.83. The molecule has 0 amide bonds. The molecule has 1 N–H and O–H groups in total. The van der Waals surface area contributed by atoms with Crippen LogP contribution >= 0.6 is 0 Å². The van der Waals surface area contributed by atoms with Crippen LogP contribution in [0.3, 0.4) is 0 Å². The third-order valence-electron chi connectivity index (χ3n) is 0.101. The predicted molar refractivity (Wildman–Crippen MR) is 15.9 cm³/mol. The van der Waals surface area contributed by atoms with Gasteiger partial charge in [0.15, 0.2) is 0 Å². The van der Waals surface area contributed by atoms with Gasteiger partial charge in [-0.2, -0.15) is 0 Å². The molecule has 0 saturated heterocycles. The fourth-order valence-electron chi connectivity index (χ4n) is 0. The molecule has 0 heterocycles. The summed E-state index contributed by atoms with van der Waals surface area (Å²) in [7, 11) is -1.60. The van der Waals surface area contributed by atoms with E-state index in [0.717, 1.165) is 0 Å². The average Bonchev–Trinajstić information content (AvgIpc) is 1.38. The molecule has 0 fully saturated rings. The molecule has 0 aromatic heterocycles. The molecule has 4 heteroatoms. The Kier molecular flexibility index (Phi) is 1.59. The van der Waals surface area contributed by atoms with E-state index in [4.69, 9.17) is 14.4 Å². The van der Waals surface area contributed by atoms with E-state index in [1.807, 2.05) is 0 Å². The second-order valence-electron chi connectivity index (χ2n) is 0.456. The zero-order chi connectivity index (χ0) is 4.28. The van der Waals surface area contributed by atoms with E-state index in [2.05, 4.69) is 0 Å². The van der Waals surface area contributed by atoms with Crippen LogP contribution in [0.1, 0.15) is 0 Å². The molecule has 0 aromatic carbocycles. The van der Waals surface area contributed by atoms with Gasteiger partial charge in [0, 0.05) is 0 Å². The number of hydrogen-bond donors (Lipinski definition) is 1. The second kappa shape index (κ2) is 1.77. The summed E-state index contributed by atoms with van der Waals surface area (Å²) in [4.78, 5) is 9.09. The van der Waals surface area contributed by atoms with Crippen molar-refractivity contribution in [2.24, 2.45) is 0 Å². The van der Waals surface area contributed by atoms with Crippen molar-refractivity contribution in [2.45, 2.75) is 0 Å². The van der Waals surface area contributed by atoms with Crippen LogP contribution in [0.4, 0.5) is 4.79 Å². The highest BCUT2D eigenvalue weighted by atomic mass is 28.2. The molecule has 5 heavy (non-hydrogen) atoms.